The SMILES string of the molecule is CN1CCN(C(=O)c2cc(Nc3ccc(Cl)c(Cl)c3)ncn2)CC1. The number of nitrogens with zero attached hydrogens (tertiary/aromatic N) is 4. The van der Waals surface area contributed by atoms with Gasteiger partial charge in [0.2, 0.25) is 0 Å². The minimum atomic E-state index is -0.0808. The molecule has 8 heteroatoms. The molecule has 24 heavy (non-hydrogen) atoms. The van der Waals surface area contributed by atoms with Gasteiger partial charge >= 0.3 is 0 Å². The number of halogens is 2. The van der Waals surface area contributed by atoms with Gasteiger partial charge in [-0.2, -0.15) is 0 Å². The van der Waals surface area contributed by atoms with E-state index in [9.17, 15) is 4.79 Å². The number of carbonyl (C=O) groups excluding carboxylic acids is 1. The summed E-state index contributed by atoms with van der Waals surface area (Å²) in [4.78, 5) is 24.8. The van der Waals surface area contributed by atoms with E-state index in [0.717, 1.165) is 18.8 Å². The maximum atomic E-state index is 12.6. The molecule has 0 saturated carbocycles. The summed E-state index contributed by atoms with van der Waals surface area (Å²) in [5, 5.41) is 4.03. The van der Waals surface area contributed by atoms with E-state index >= 15 is 0 Å². The smallest absolute Gasteiger partial charge is 0.272 e. The molecule has 0 radical (unpaired) electrons. The third-order valence-electron chi connectivity index (χ3n) is 3.87. The van der Waals surface area contributed by atoms with Crippen LogP contribution in [0.4, 0.5) is 11.5 Å². The Balaban J connectivity index is 1.73. The highest BCUT2D eigenvalue weighted by Gasteiger charge is 2.21. The van der Waals surface area contributed by atoms with E-state index in [1.807, 2.05) is 11.9 Å². The molecule has 1 aromatic heterocycles. The number of benzene rings is 1. The molecule has 1 N–H and O–H groups in total. The first-order chi connectivity index (χ1) is 11.5. The molecule has 1 amide bonds. The molecule has 0 spiro atoms. The van der Waals surface area contributed by atoms with Crippen LogP contribution in [0.5, 0.6) is 0 Å². The van der Waals surface area contributed by atoms with Crippen molar-refractivity contribution in [3.63, 3.8) is 0 Å². The quantitative estimate of drug-likeness (QED) is 0.905. The predicted molar refractivity (Wildman–Crippen MR) is 95.2 cm³/mol. The second-order valence-electron chi connectivity index (χ2n) is 5.64. The number of nitrogens with one attached hydrogen (secondary N) is 1. The van der Waals surface area contributed by atoms with Crippen LogP contribution >= 0.6 is 23.2 Å². The van der Waals surface area contributed by atoms with Crippen molar-refractivity contribution in [3.05, 3.63) is 46.3 Å². The summed E-state index contributed by atoms with van der Waals surface area (Å²) in [6, 6.07) is 6.83. The molecule has 2 aromatic rings. The summed E-state index contributed by atoms with van der Waals surface area (Å²) in [6.07, 6.45) is 1.38. The summed E-state index contributed by atoms with van der Waals surface area (Å²) in [6.45, 7) is 3.14. The largest absolute Gasteiger partial charge is 0.340 e. The Labute approximate surface area is 150 Å². The highest BCUT2D eigenvalue weighted by molar-refractivity contribution is 6.42. The van der Waals surface area contributed by atoms with Crippen LogP contribution in [0.25, 0.3) is 0 Å². The van der Waals surface area contributed by atoms with Gasteiger partial charge in [-0.15, -0.1) is 0 Å². The molecule has 0 aliphatic carbocycles. The van der Waals surface area contributed by atoms with Crippen LogP contribution in [0.1, 0.15) is 10.5 Å². The number of amides is 1. The zero-order chi connectivity index (χ0) is 17.1. The van der Waals surface area contributed by atoms with Crippen molar-refractivity contribution in [3.8, 4) is 0 Å². The van der Waals surface area contributed by atoms with Crippen LogP contribution in [0, 0.1) is 0 Å². The Kier molecular flexibility index (Phi) is 5.18. The average molecular weight is 366 g/mol. The first-order valence-electron chi connectivity index (χ1n) is 7.55. The molecular formula is C16H17Cl2N5O. The topological polar surface area (TPSA) is 61.4 Å². The number of rotatable bonds is 3. The second-order valence-corrected chi connectivity index (χ2v) is 6.45. The molecule has 1 fully saturated rings. The molecule has 1 aliphatic rings. The van der Waals surface area contributed by atoms with Crippen molar-refractivity contribution in [2.45, 2.75) is 0 Å². The fourth-order valence-corrected chi connectivity index (χ4v) is 2.73. The molecule has 0 bridgehead atoms. The minimum absolute atomic E-state index is 0.0808. The predicted octanol–water partition coefficient (Wildman–Crippen LogP) is 2.91. The Morgan fingerprint density at radius 2 is 1.83 bits per heavy atom. The molecule has 3 rings (SSSR count). The van der Waals surface area contributed by atoms with Gasteiger partial charge in [0.1, 0.15) is 17.8 Å². The normalized spacial score (nSPS) is 15.4. The van der Waals surface area contributed by atoms with Gasteiger partial charge in [0.25, 0.3) is 5.91 Å². The summed E-state index contributed by atoms with van der Waals surface area (Å²) >= 11 is 11.9. The van der Waals surface area contributed by atoms with E-state index in [1.54, 1.807) is 24.3 Å². The molecule has 2 heterocycles. The van der Waals surface area contributed by atoms with E-state index in [2.05, 4.69) is 20.2 Å². The number of likely N-dealkylation sites (N-methyl/N-ethyl adjacent to an activating group) is 1. The molecule has 1 aliphatic heterocycles. The van der Waals surface area contributed by atoms with Gasteiger partial charge in [0.15, 0.2) is 0 Å². The van der Waals surface area contributed by atoms with E-state index in [4.69, 9.17) is 23.2 Å². The lowest BCUT2D eigenvalue weighted by molar-refractivity contribution is 0.0658. The summed E-state index contributed by atoms with van der Waals surface area (Å²) < 4.78 is 0. The second kappa shape index (κ2) is 7.34. The molecular weight excluding hydrogens is 349 g/mol. The highest BCUT2D eigenvalue weighted by atomic mass is 35.5. The molecule has 6 nitrogen and oxygen atoms in total. The van der Waals surface area contributed by atoms with E-state index < -0.39 is 0 Å². The van der Waals surface area contributed by atoms with Crippen LogP contribution in [0.2, 0.25) is 10.0 Å². The lowest BCUT2D eigenvalue weighted by atomic mass is 10.2. The van der Waals surface area contributed by atoms with Crippen molar-refractivity contribution in [1.29, 1.82) is 0 Å². The fraction of sp³-hybridized carbons (Fsp3) is 0.312. The number of piperazine rings is 1. The van der Waals surface area contributed by atoms with Crippen molar-refractivity contribution in [1.82, 2.24) is 19.8 Å². The van der Waals surface area contributed by atoms with Gasteiger partial charge in [0.05, 0.1) is 10.0 Å². The number of hydrogen-bond acceptors (Lipinski definition) is 5. The van der Waals surface area contributed by atoms with Crippen molar-refractivity contribution >= 4 is 40.6 Å². The number of aromatic nitrogens is 2. The maximum absolute atomic E-state index is 12.6. The summed E-state index contributed by atoms with van der Waals surface area (Å²) in [5.41, 5.74) is 1.11. The van der Waals surface area contributed by atoms with Gasteiger partial charge in [-0.25, -0.2) is 9.97 Å². The zero-order valence-corrected chi connectivity index (χ0v) is 14.7. The Morgan fingerprint density at radius 1 is 1.08 bits per heavy atom. The fourth-order valence-electron chi connectivity index (χ4n) is 2.44. The van der Waals surface area contributed by atoms with Crippen molar-refractivity contribution in [2.75, 3.05) is 38.5 Å². The number of carbonyl (C=O) groups is 1. The maximum Gasteiger partial charge on any atom is 0.272 e. The number of hydrogen-bond donors (Lipinski definition) is 1. The Morgan fingerprint density at radius 3 is 2.54 bits per heavy atom. The summed E-state index contributed by atoms with van der Waals surface area (Å²) in [7, 11) is 2.05. The first kappa shape index (κ1) is 17.0. The molecule has 1 aromatic carbocycles. The Bertz CT molecular complexity index is 747. The van der Waals surface area contributed by atoms with E-state index in [1.165, 1.54) is 6.33 Å². The van der Waals surface area contributed by atoms with Crippen LogP contribution in [-0.2, 0) is 0 Å². The molecule has 126 valence electrons. The molecule has 0 unspecified atom stereocenters. The lowest BCUT2D eigenvalue weighted by Gasteiger charge is -2.32. The Hall–Kier alpha value is -1.89. The summed E-state index contributed by atoms with van der Waals surface area (Å²) in [5.74, 6) is 0.448. The lowest BCUT2D eigenvalue weighted by Crippen LogP contribution is -2.47. The molecule has 1 saturated heterocycles. The van der Waals surface area contributed by atoms with Crippen LogP contribution in [0.15, 0.2) is 30.6 Å². The van der Waals surface area contributed by atoms with Crippen LogP contribution in [-0.4, -0.2) is 58.9 Å². The third kappa shape index (κ3) is 3.95. The highest BCUT2D eigenvalue weighted by Crippen LogP contribution is 2.26. The van der Waals surface area contributed by atoms with Gasteiger partial charge < -0.3 is 15.1 Å². The van der Waals surface area contributed by atoms with Crippen LogP contribution < -0.4 is 5.32 Å². The first-order valence-corrected chi connectivity index (χ1v) is 8.30. The monoisotopic (exact) mass is 365 g/mol. The standard InChI is InChI=1S/C16H17Cl2N5O/c1-22-4-6-23(7-5-22)16(24)14-9-15(20-10-19-14)21-11-2-3-12(17)13(18)8-11/h2-3,8-10H,4-7H2,1H3,(H,19,20,21). The van der Waals surface area contributed by atoms with Gasteiger partial charge in [-0.1, -0.05) is 23.2 Å². The van der Waals surface area contributed by atoms with Crippen molar-refractivity contribution < 1.29 is 4.79 Å². The molecule has 0 atom stereocenters. The minimum Gasteiger partial charge on any atom is -0.340 e. The van der Waals surface area contributed by atoms with Crippen LogP contribution in [0.3, 0.4) is 0 Å². The average Bonchev–Trinajstić information content (AvgIpc) is 2.58. The number of anilines is 2. The zero-order valence-electron chi connectivity index (χ0n) is 13.2. The van der Waals surface area contributed by atoms with E-state index in [0.29, 0.717) is 34.6 Å². The van der Waals surface area contributed by atoms with Gasteiger partial charge in [-0.05, 0) is 25.2 Å². The van der Waals surface area contributed by atoms with E-state index in [-0.39, 0.29) is 5.91 Å². The third-order valence-corrected chi connectivity index (χ3v) is 4.61. The van der Waals surface area contributed by atoms with Gasteiger partial charge in [0, 0.05) is 37.9 Å². The van der Waals surface area contributed by atoms with Crippen molar-refractivity contribution in [2.24, 2.45) is 0 Å². The van der Waals surface area contributed by atoms with Gasteiger partial charge in [-0.3, -0.25) is 4.79 Å².